The third kappa shape index (κ3) is 1.18. The van der Waals surface area contributed by atoms with Gasteiger partial charge in [0, 0.05) is 0 Å². The van der Waals surface area contributed by atoms with E-state index < -0.39 is 0 Å². The molecule has 1 atom stereocenters. The van der Waals surface area contributed by atoms with Crippen LogP contribution in [0, 0.1) is 6.29 Å². The third-order valence-corrected chi connectivity index (χ3v) is 1.01. The van der Waals surface area contributed by atoms with Gasteiger partial charge in [-0.15, -0.1) is 0 Å². The van der Waals surface area contributed by atoms with Gasteiger partial charge in [-0.2, -0.15) is 0 Å². The summed E-state index contributed by atoms with van der Waals surface area (Å²) in [5.41, 5.74) is 0. The normalized spacial score (nSPS) is 31.5. The van der Waals surface area contributed by atoms with Gasteiger partial charge in [-0.3, -0.25) is 0 Å². The number of ether oxygens (including phenoxy) is 2. The van der Waals surface area contributed by atoms with Crippen molar-refractivity contribution in [2.24, 2.45) is 0 Å². The van der Waals surface area contributed by atoms with Gasteiger partial charge in [0.15, 0.2) is 0 Å². The third-order valence-electron chi connectivity index (χ3n) is 1.01. The smallest absolute Gasteiger partial charge is 0.221 e. The van der Waals surface area contributed by atoms with Crippen molar-refractivity contribution < 1.29 is 14.6 Å². The molecule has 47 valence electrons. The second kappa shape index (κ2) is 2.44. The van der Waals surface area contributed by atoms with Gasteiger partial charge in [-0.1, -0.05) is 0 Å². The largest absolute Gasteiger partial charge is 0.394 e. The Labute approximate surface area is 48.2 Å². The lowest BCUT2D eigenvalue weighted by Crippen LogP contribution is -2.13. The molecule has 3 nitrogen and oxygen atoms in total. The van der Waals surface area contributed by atoms with Crippen molar-refractivity contribution in [3.8, 4) is 0 Å². The Hall–Kier alpha value is -0.120. The fourth-order valence-electron chi connectivity index (χ4n) is 0.603. The average molecular weight is 117 g/mol. The van der Waals surface area contributed by atoms with Crippen LogP contribution >= 0.6 is 0 Å². The molecule has 1 saturated heterocycles. The molecule has 0 aromatic carbocycles. The van der Waals surface area contributed by atoms with Crippen LogP contribution in [0.3, 0.4) is 0 Å². The Bertz CT molecular complexity index is 74.1. The summed E-state index contributed by atoms with van der Waals surface area (Å²) in [5, 5.41) is 8.47. The van der Waals surface area contributed by atoms with Crippen molar-refractivity contribution in [3.05, 3.63) is 6.29 Å². The summed E-state index contributed by atoms with van der Waals surface area (Å²) in [6.45, 7) is 2.26. The first-order valence-electron chi connectivity index (χ1n) is 2.57. The maximum atomic E-state index is 8.47. The molecule has 0 bridgehead atoms. The van der Waals surface area contributed by atoms with E-state index in [4.69, 9.17) is 14.6 Å². The van der Waals surface area contributed by atoms with Crippen LogP contribution in [0.5, 0.6) is 0 Å². The molecule has 3 heteroatoms. The van der Waals surface area contributed by atoms with Gasteiger partial charge < -0.3 is 14.6 Å². The highest BCUT2D eigenvalue weighted by molar-refractivity contribution is 4.70. The summed E-state index contributed by atoms with van der Waals surface area (Å²) in [6, 6.07) is 0. The number of rotatable bonds is 1. The van der Waals surface area contributed by atoms with Gasteiger partial charge in [0.05, 0.1) is 13.2 Å². The highest BCUT2D eigenvalue weighted by atomic mass is 16.7. The van der Waals surface area contributed by atoms with E-state index in [1.165, 1.54) is 0 Å². The standard InChI is InChI=1S/C5H9O3/c1-4-7-3-5(2-6)8-4/h5-6H,2-3H2,1H3. The lowest BCUT2D eigenvalue weighted by Gasteiger charge is -2.00. The average Bonchev–Trinajstić information content (AvgIpc) is 2.14. The summed E-state index contributed by atoms with van der Waals surface area (Å²) in [5.74, 6) is 0. The molecule has 1 fully saturated rings. The van der Waals surface area contributed by atoms with E-state index in [0.29, 0.717) is 12.9 Å². The summed E-state index contributed by atoms with van der Waals surface area (Å²) >= 11 is 0. The number of hydrogen-bond acceptors (Lipinski definition) is 3. The van der Waals surface area contributed by atoms with Crippen molar-refractivity contribution in [1.29, 1.82) is 0 Å². The maximum Gasteiger partial charge on any atom is 0.221 e. The Morgan fingerprint density at radius 1 is 1.88 bits per heavy atom. The van der Waals surface area contributed by atoms with Gasteiger partial charge >= 0.3 is 0 Å². The topological polar surface area (TPSA) is 38.7 Å². The van der Waals surface area contributed by atoms with Crippen molar-refractivity contribution >= 4 is 0 Å². The maximum absolute atomic E-state index is 8.47. The van der Waals surface area contributed by atoms with E-state index in [1.54, 1.807) is 6.92 Å². The van der Waals surface area contributed by atoms with E-state index in [1.807, 2.05) is 0 Å². The number of aliphatic hydroxyl groups is 1. The van der Waals surface area contributed by atoms with Gasteiger partial charge in [0.1, 0.15) is 6.10 Å². The van der Waals surface area contributed by atoms with Crippen molar-refractivity contribution in [3.63, 3.8) is 0 Å². The monoisotopic (exact) mass is 117 g/mol. The zero-order valence-corrected chi connectivity index (χ0v) is 4.76. The molecular formula is C5H9O3. The van der Waals surface area contributed by atoms with Crippen molar-refractivity contribution in [1.82, 2.24) is 0 Å². The van der Waals surface area contributed by atoms with Crippen LogP contribution in [0.2, 0.25) is 0 Å². The van der Waals surface area contributed by atoms with Crippen LogP contribution in [0.4, 0.5) is 0 Å². The fourth-order valence-corrected chi connectivity index (χ4v) is 0.603. The van der Waals surface area contributed by atoms with Crippen molar-refractivity contribution in [2.75, 3.05) is 13.2 Å². The lowest BCUT2D eigenvalue weighted by atomic mass is 10.4. The molecule has 0 aromatic heterocycles. The zero-order valence-electron chi connectivity index (χ0n) is 4.76. The molecule has 0 amide bonds. The predicted octanol–water partition coefficient (Wildman–Crippen LogP) is -0.0965. The highest BCUT2D eigenvalue weighted by Gasteiger charge is 2.22. The Morgan fingerprint density at radius 3 is 2.88 bits per heavy atom. The SMILES string of the molecule is C[C]1OCC(CO)O1. The van der Waals surface area contributed by atoms with Crippen LogP contribution in [-0.4, -0.2) is 24.4 Å². The molecule has 1 unspecified atom stereocenters. The van der Waals surface area contributed by atoms with Crippen LogP contribution in [0.1, 0.15) is 6.92 Å². The minimum atomic E-state index is -0.130. The van der Waals surface area contributed by atoms with Crippen LogP contribution in [0.25, 0.3) is 0 Å². The summed E-state index contributed by atoms with van der Waals surface area (Å²) in [6.07, 6.45) is 0.430. The molecule has 1 heterocycles. The molecule has 1 aliphatic rings. The molecule has 1 radical (unpaired) electrons. The zero-order chi connectivity index (χ0) is 5.98. The first-order valence-corrected chi connectivity index (χ1v) is 2.57. The summed E-state index contributed by atoms with van der Waals surface area (Å²) < 4.78 is 9.85. The molecule has 1 aliphatic heterocycles. The van der Waals surface area contributed by atoms with E-state index in [-0.39, 0.29) is 12.7 Å². The Morgan fingerprint density at radius 2 is 2.62 bits per heavy atom. The summed E-state index contributed by atoms with van der Waals surface area (Å²) in [4.78, 5) is 0. The lowest BCUT2D eigenvalue weighted by molar-refractivity contribution is 0.0407. The first kappa shape index (κ1) is 6.01. The summed E-state index contributed by atoms with van der Waals surface area (Å²) in [7, 11) is 0. The number of aliphatic hydroxyl groups excluding tert-OH is 1. The highest BCUT2D eigenvalue weighted by Crippen LogP contribution is 2.15. The number of hydrogen-bond donors (Lipinski definition) is 1. The molecule has 1 N–H and O–H groups in total. The molecule has 1 rings (SSSR count). The van der Waals surface area contributed by atoms with E-state index >= 15 is 0 Å². The fraction of sp³-hybridized carbons (Fsp3) is 0.800. The van der Waals surface area contributed by atoms with Crippen LogP contribution in [0.15, 0.2) is 0 Å². The van der Waals surface area contributed by atoms with E-state index in [9.17, 15) is 0 Å². The molecule has 0 spiro atoms. The minimum Gasteiger partial charge on any atom is -0.394 e. The predicted molar refractivity (Wildman–Crippen MR) is 26.8 cm³/mol. The Balaban J connectivity index is 2.22. The van der Waals surface area contributed by atoms with Crippen molar-refractivity contribution in [2.45, 2.75) is 13.0 Å². The molecule has 8 heavy (non-hydrogen) atoms. The van der Waals surface area contributed by atoms with Crippen LogP contribution in [-0.2, 0) is 9.47 Å². The molecule has 0 aromatic rings. The molecule has 0 aliphatic carbocycles. The second-order valence-corrected chi connectivity index (χ2v) is 1.73. The molecule has 0 saturated carbocycles. The molecular weight excluding hydrogens is 108 g/mol. The van der Waals surface area contributed by atoms with E-state index in [2.05, 4.69) is 0 Å². The quantitative estimate of drug-likeness (QED) is 0.521. The van der Waals surface area contributed by atoms with E-state index in [0.717, 1.165) is 0 Å². The van der Waals surface area contributed by atoms with Gasteiger partial charge in [-0.25, -0.2) is 0 Å². The van der Waals surface area contributed by atoms with Crippen LogP contribution < -0.4 is 0 Å². The van der Waals surface area contributed by atoms with Gasteiger partial charge in [0.25, 0.3) is 0 Å². The second-order valence-electron chi connectivity index (χ2n) is 1.73. The minimum absolute atomic E-state index is 0.0390. The van der Waals surface area contributed by atoms with Gasteiger partial charge in [0.2, 0.25) is 6.29 Å². The van der Waals surface area contributed by atoms with Gasteiger partial charge in [-0.05, 0) is 6.92 Å². The Kier molecular flexibility index (Phi) is 1.83. The first-order chi connectivity index (χ1) is 3.83.